The van der Waals surface area contributed by atoms with E-state index in [1.807, 2.05) is 48.5 Å². The zero-order valence-corrected chi connectivity index (χ0v) is 17.3. The molecule has 158 valence electrons. The number of aryl methyl sites for hydroxylation is 1. The van der Waals surface area contributed by atoms with Gasteiger partial charge in [0.2, 0.25) is 11.3 Å². The fourth-order valence-electron chi connectivity index (χ4n) is 3.60. The van der Waals surface area contributed by atoms with E-state index in [4.69, 9.17) is 0 Å². The summed E-state index contributed by atoms with van der Waals surface area (Å²) in [7, 11) is 0. The molecule has 2 aromatic heterocycles. The SMILES string of the molecule is Cc1cc(=O)c(C(=O)N2CCN(C(=O)Cc3ccccn3)CC2)nn1-c1ccccc1. The van der Waals surface area contributed by atoms with Gasteiger partial charge in [0, 0.05) is 49.8 Å². The second-order valence-electron chi connectivity index (χ2n) is 7.42. The van der Waals surface area contributed by atoms with E-state index in [1.165, 1.54) is 6.07 Å². The summed E-state index contributed by atoms with van der Waals surface area (Å²) >= 11 is 0. The predicted molar refractivity (Wildman–Crippen MR) is 115 cm³/mol. The van der Waals surface area contributed by atoms with Crippen molar-refractivity contribution in [2.45, 2.75) is 13.3 Å². The number of piperazine rings is 1. The molecule has 0 atom stereocenters. The van der Waals surface area contributed by atoms with Gasteiger partial charge in [0.15, 0.2) is 5.69 Å². The van der Waals surface area contributed by atoms with Crippen LogP contribution < -0.4 is 5.43 Å². The Hall–Kier alpha value is -3.81. The van der Waals surface area contributed by atoms with Crippen molar-refractivity contribution in [1.82, 2.24) is 24.6 Å². The summed E-state index contributed by atoms with van der Waals surface area (Å²) < 4.78 is 1.60. The second kappa shape index (κ2) is 8.91. The molecule has 1 aliphatic rings. The molecule has 3 aromatic rings. The molecular weight excluding hydrogens is 394 g/mol. The molecule has 1 fully saturated rings. The van der Waals surface area contributed by atoms with Crippen LogP contribution in [-0.2, 0) is 11.2 Å². The molecule has 4 rings (SSSR count). The fourth-order valence-corrected chi connectivity index (χ4v) is 3.60. The van der Waals surface area contributed by atoms with E-state index in [0.717, 1.165) is 11.4 Å². The fraction of sp³-hybridized carbons (Fsp3) is 0.261. The minimum Gasteiger partial charge on any atom is -0.339 e. The molecule has 3 heterocycles. The zero-order chi connectivity index (χ0) is 21.8. The lowest BCUT2D eigenvalue weighted by molar-refractivity contribution is -0.132. The third-order valence-corrected chi connectivity index (χ3v) is 5.29. The molecule has 8 heteroatoms. The lowest BCUT2D eigenvalue weighted by Gasteiger charge is -2.34. The van der Waals surface area contributed by atoms with E-state index in [0.29, 0.717) is 31.9 Å². The van der Waals surface area contributed by atoms with E-state index >= 15 is 0 Å². The Labute approximate surface area is 179 Å². The molecule has 0 aliphatic carbocycles. The van der Waals surface area contributed by atoms with Crippen molar-refractivity contribution in [3.63, 3.8) is 0 Å². The van der Waals surface area contributed by atoms with Gasteiger partial charge in [-0.1, -0.05) is 24.3 Å². The zero-order valence-electron chi connectivity index (χ0n) is 17.3. The molecule has 0 saturated carbocycles. The molecule has 0 radical (unpaired) electrons. The Morgan fingerprint density at radius 3 is 2.29 bits per heavy atom. The Morgan fingerprint density at radius 1 is 0.935 bits per heavy atom. The van der Waals surface area contributed by atoms with Gasteiger partial charge in [-0.05, 0) is 31.2 Å². The van der Waals surface area contributed by atoms with Gasteiger partial charge in [-0.15, -0.1) is 0 Å². The summed E-state index contributed by atoms with van der Waals surface area (Å²) in [5, 5.41) is 4.35. The largest absolute Gasteiger partial charge is 0.339 e. The van der Waals surface area contributed by atoms with Gasteiger partial charge in [0.25, 0.3) is 5.91 Å². The van der Waals surface area contributed by atoms with Crippen LogP contribution in [0, 0.1) is 6.92 Å². The van der Waals surface area contributed by atoms with Gasteiger partial charge >= 0.3 is 0 Å². The summed E-state index contributed by atoms with van der Waals surface area (Å²) in [6.07, 6.45) is 1.89. The summed E-state index contributed by atoms with van der Waals surface area (Å²) in [6.45, 7) is 3.31. The number of carbonyl (C=O) groups is 2. The Bertz CT molecular complexity index is 1140. The first-order chi connectivity index (χ1) is 15.0. The van der Waals surface area contributed by atoms with Gasteiger partial charge < -0.3 is 9.80 Å². The van der Waals surface area contributed by atoms with Crippen LogP contribution >= 0.6 is 0 Å². The lowest BCUT2D eigenvalue weighted by Crippen LogP contribution is -2.51. The summed E-state index contributed by atoms with van der Waals surface area (Å²) in [4.78, 5) is 45.5. The number of benzene rings is 1. The average molecular weight is 417 g/mol. The highest BCUT2D eigenvalue weighted by Crippen LogP contribution is 2.11. The molecule has 8 nitrogen and oxygen atoms in total. The van der Waals surface area contributed by atoms with Crippen LogP contribution in [0.2, 0.25) is 0 Å². The number of pyridine rings is 1. The molecular formula is C23H23N5O3. The van der Waals surface area contributed by atoms with Gasteiger partial charge in [0.1, 0.15) is 0 Å². The first-order valence-electron chi connectivity index (χ1n) is 10.2. The van der Waals surface area contributed by atoms with Crippen LogP contribution in [0.1, 0.15) is 21.9 Å². The van der Waals surface area contributed by atoms with E-state index in [2.05, 4.69) is 10.1 Å². The van der Waals surface area contributed by atoms with Gasteiger partial charge in [0.05, 0.1) is 12.1 Å². The number of nitrogens with zero attached hydrogens (tertiary/aromatic N) is 5. The first-order valence-corrected chi connectivity index (χ1v) is 10.2. The maximum absolute atomic E-state index is 13.0. The van der Waals surface area contributed by atoms with Crippen LogP contribution in [0.25, 0.3) is 5.69 Å². The Morgan fingerprint density at radius 2 is 1.61 bits per heavy atom. The van der Waals surface area contributed by atoms with Crippen molar-refractivity contribution in [2.24, 2.45) is 0 Å². The highest BCUT2D eigenvalue weighted by molar-refractivity contribution is 5.92. The molecule has 1 aromatic carbocycles. The van der Waals surface area contributed by atoms with Crippen LogP contribution in [0.4, 0.5) is 0 Å². The van der Waals surface area contributed by atoms with E-state index < -0.39 is 11.3 Å². The number of aromatic nitrogens is 3. The van der Waals surface area contributed by atoms with Crippen LogP contribution in [-0.4, -0.2) is 62.6 Å². The summed E-state index contributed by atoms with van der Waals surface area (Å²) in [6, 6.07) is 16.3. The number of carbonyl (C=O) groups excluding carboxylic acids is 2. The number of hydrogen-bond acceptors (Lipinski definition) is 5. The van der Waals surface area contributed by atoms with Gasteiger partial charge in [-0.2, -0.15) is 5.10 Å². The number of hydrogen-bond donors (Lipinski definition) is 0. The maximum Gasteiger partial charge on any atom is 0.278 e. The van der Waals surface area contributed by atoms with Crippen LogP contribution in [0.3, 0.4) is 0 Å². The van der Waals surface area contributed by atoms with E-state index in [1.54, 1.807) is 27.6 Å². The predicted octanol–water partition coefficient (Wildman–Crippen LogP) is 1.46. The Kier molecular flexibility index (Phi) is 5.88. The molecule has 1 saturated heterocycles. The highest BCUT2D eigenvalue weighted by Gasteiger charge is 2.27. The van der Waals surface area contributed by atoms with Crippen LogP contribution in [0.15, 0.2) is 65.6 Å². The Balaban J connectivity index is 1.45. The quantitative estimate of drug-likeness (QED) is 0.641. The van der Waals surface area contributed by atoms with Gasteiger partial charge in [-0.3, -0.25) is 19.4 Å². The number of rotatable bonds is 4. The number of amides is 2. The molecule has 0 bridgehead atoms. The van der Waals surface area contributed by atoms with Crippen molar-refractivity contribution in [1.29, 1.82) is 0 Å². The van der Waals surface area contributed by atoms with Crippen molar-refractivity contribution in [3.8, 4) is 5.69 Å². The van der Waals surface area contributed by atoms with Crippen molar-refractivity contribution < 1.29 is 9.59 Å². The minimum absolute atomic E-state index is 0.0225. The third kappa shape index (κ3) is 4.53. The molecule has 31 heavy (non-hydrogen) atoms. The average Bonchev–Trinajstić information content (AvgIpc) is 2.80. The standard InChI is InChI=1S/C23H23N5O3/c1-17-15-20(29)22(25-28(17)19-8-3-2-4-9-19)23(31)27-13-11-26(12-14-27)21(30)16-18-7-5-6-10-24-18/h2-10,15H,11-14,16H2,1H3. The first kappa shape index (κ1) is 20.5. The molecule has 0 N–H and O–H groups in total. The normalized spacial score (nSPS) is 13.8. The topological polar surface area (TPSA) is 88.4 Å². The molecule has 0 spiro atoms. The monoisotopic (exact) mass is 417 g/mol. The van der Waals surface area contributed by atoms with E-state index in [9.17, 15) is 14.4 Å². The van der Waals surface area contributed by atoms with Crippen molar-refractivity contribution in [2.75, 3.05) is 26.2 Å². The van der Waals surface area contributed by atoms with Crippen molar-refractivity contribution >= 4 is 11.8 Å². The highest BCUT2D eigenvalue weighted by atomic mass is 16.2. The maximum atomic E-state index is 13.0. The summed E-state index contributed by atoms with van der Waals surface area (Å²) in [5.41, 5.74) is 1.64. The number of para-hydroxylation sites is 1. The van der Waals surface area contributed by atoms with E-state index in [-0.39, 0.29) is 18.0 Å². The van der Waals surface area contributed by atoms with Crippen LogP contribution in [0.5, 0.6) is 0 Å². The molecule has 2 amide bonds. The molecule has 0 unspecified atom stereocenters. The molecule has 1 aliphatic heterocycles. The van der Waals surface area contributed by atoms with Gasteiger partial charge in [-0.25, -0.2) is 4.68 Å². The summed E-state index contributed by atoms with van der Waals surface area (Å²) in [5.74, 6) is -0.433. The second-order valence-corrected chi connectivity index (χ2v) is 7.42. The third-order valence-electron chi connectivity index (χ3n) is 5.29. The minimum atomic E-state index is -0.411. The smallest absolute Gasteiger partial charge is 0.278 e. The van der Waals surface area contributed by atoms with Crippen molar-refractivity contribution in [3.05, 3.63) is 88.1 Å². The lowest BCUT2D eigenvalue weighted by atomic mass is 10.2.